The van der Waals surface area contributed by atoms with E-state index in [9.17, 15) is 14.4 Å². The Hall–Kier alpha value is -2.63. The van der Waals surface area contributed by atoms with E-state index < -0.39 is 6.10 Å². The van der Waals surface area contributed by atoms with Crippen molar-refractivity contribution >= 4 is 17.9 Å². The summed E-state index contributed by atoms with van der Waals surface area (Å²) in [6.07, 6.45) is 71.1. The van der Waals surface area contributed by atoms with Gasteiger partial charge in [-0.25, -0.2) is 0 Å². The maximum atomic E-state index is 12.8. The molecule has 0 fully saturated rings. The van der Waals surface area contributed by atoms with Crippen LogP contribution in [-0.2, 0) is 28.6 Å². The smallest absolute Gasteiger partial charge is 0.306 e. The topological polar surface area (TPSA) is 78.9 Å². The molecule has 0 heterocycles. The molecule has 402 valence electrons. The van der Waals surface area contributed by atoms with Gasteiger partial charge < -0.3 is 14.2 Å². The van der Waals surface area contributed by atoms with E-state index in [4.69, 9.17) is 14.2 Å². The Labute approximate surface area is 428 Å². The van der Waals surface area contributed by atoms with Crippen LogP contribution >= 0.6 is 0 Å². The fourth-order valence-electron chi connectivity index (χ4n) is 8.70. The maximum Gasteiger partial charge on any atom is 0.306 e. The van der Waals surface area contributed by atoms with Crippen LogP contribution in [0.15, 0.2) is 48.6 Å². The molecule has 0 aliphatic rings. The highest BCUT2D eigenvalue weighted by Crippen LogP contribution is 2.16. The monoisotopic (exact) mass is 967 g/mol. The van der Waals surface area contributed by atoms with Crippen molar-refractivity contribution in [2.45, 2.75) is 322 Å². The summed E-state index contributed by atoms with van der Waals surface area (Å²) in [4.78, 5) is 38.1. The molecule has 0 aromatic heterocycles. The molecule has 1 atom stereocenters. The third kappa shape index (κ3) is 56.2. The molecule has 0 saturated carbocycles. The second-order valence-electron chi connectivity index (χ2n) is 20.2. The van der Waals surface area contributed by atoms with Crippen molar-refractivity contribution < 1.29 is 28.6 Å². The maximum absolute atomic E-state index is 12.8. The summed E-state index contributed by atoms with van der Waals surface area (Å²) in [5.41, 5.74) is 0. The fraction of sp³-hybridized carbons (Fsp3) is 0.825. The van der Waals surface area contributed by atoms with Gasteiger partial charge in [-0.1, -0.05) is 243 Å². The largest absolute Gasteiger partial charge is 0.462 e. The van der Waals surface area contributed by atoms with Crippen LogP contribution in [0.4, 0.5) is 0 Å². The third-order valence-electron chi connectivity index (χ3n) is 13.3. The zero-order valence-corrected chi connectivity index (χ0v) is 46.1. The molecule has 0 saturated heterocycles. The zero-order chi connectivity index (χ0) is 50.0. The summed E-state index contributed by atoms with van der Waals surface area (Å²) >= 11 is 0. The lowest BCUT2D eigenvalue weighted by Gasteiger charge is -2.18. The number of hydrogen-bond donors (Lipinski definition) is 0. The van der Waals surface area contributed by atoms with Gasteiger partial charge in [-0.15, -0.1) is 0 Å². The van der Waals surface area contributed by atoms with Crippen molar-refractivity contribution in [3.8, 4) is 0 Å². The van der Waals surface area contributed by atoms with Crippen LogP contribution in [0.1, 0.15) is 316 Å². The average Bonchev–Trinajstić information content (AvgIpc) is 3.35. The summed E-state index contributed by atoms with van der Waals surface area (Å²) in [5.74, 6) is -0.883. The van der Waals surface area contributed by atoms with Gasteiger partial charge >= 0.3 is 17.9 Å². The van der Waals surface area contributed by atoms with Crippen LogP contribution < -0.4 is 0 Å². The van der Waals surface area contributed by atoms with Gasteiger partial charge in [-0.05, 0) is 103 Å². The van der Waals surface area contributed by atoms with Crippen LogP contribution in [0, 0.1) is 0 Å². The van der Waals surface area contributed by atoms with Gasteiger partial charge in [0.1, 0.15) is 13.2 Å². The molecule has 0 rings (SSSR count). The molecule has 6 heteroatoms. The normalized spacial score (nSPS) is 12.3. The number of carbonyl (C=O) groups is 3. The Kier molecular flexibility index (Phi) is 55.7. The van der Waals surface area contributed by atoms with Crippen molar-refractivity contribution in [1.29, 1.82) is 0 Å². The van der Waals surface area contributed by atoms with Gasteiger partial charge in [0.15, 0.2) is 6.10 Å². The number of carbonyl (C=O) groups excluding carboxylic acids is 3. The predicted octanol–water partition coefficient (Wildman–Crippen LogP) is 20.2. The minimum absolute atomic E-state index is 0.0774. The number of hydrogen-bond acceptors (Lipinski definition) is 6. The summed E-state index contributed by atoms with van der Waals surface area (Å²) in [7, 11) is 0. The molecule has 0 aliphatic heterocycles. The minimum atomic E-state index is -0.779. The fourth-order valence-corrected chi connectivity index (χ4v) is 8.70. The molecule has 0 aromatic carbocycles. The van der Waals surface area contributed by atoms with Crippen LogP contribution in [0.25, 0.3) is 0 Å². The molecule has 0 bridgehead atoms. The molecule has 1 unspecified atom stereocenters. The SMILES string of the molecule is CCCCCC/C=C\CCCCCCCC(=O)OCC(COC(=O)CCCCCCCCCCCCCCC/C=C\C/C=C\CCCCCCC)OC(=O)CCCCCCC/C=C\CCCCCC. The third-order valence-corrected chi connectivity index (χ3v) is 13.3. The second kappa shape index (κ2) is 57.9. The quantitative estimate of drug-likeness (QED) is 0.0262. The Morgan fingerprint density at radius 3 is 0.826 bits per heavy atom. The van der Waals surface area contributed by atoms with Crippen LogP contribution in [0.3, 0.4) is 0 Å². The van der Waals surface area contributed by atoms with E-state index in [1.54, 1.807) is 0 Å². The number of allylic oxidation sites excluding steroid dienone is 8. The first-order valence-electron chi connectivity index (χ1n) is 30.1. The van der Waals surface area contributed by atoms with Crippen LogP contribution in [0.5, 0.6) is 0 Å². The van der Waals surface area contributed by atoms with Gasteiger partial charge in [0.25, 0.3) is 0 Å². The van der Waals surface area contributed by atoms with Crippen molar-refractivity contribution in [2.75, 3.05) is 13.2 Å². The molecule has 0 amide bonds. The highest BCUT2D eigenvalue weighted by atomic mass is 16.6. The van der Waals surface area contributed by atoms with Gasteiger partial charge in [-0.2, -0.15) is 0 Å². The lowest BCUT2D eigenvalue weighted by molar-refractivity contribution is -0.167. The first-order chi connectivity index (χ1) is 34.0. The van der Waals surface area contributed by atoms with Gasteiger partial charge in [0, 0.05) is 19.3 Å². The van der Waals surface area contributed by atoms with E-state index in [-0.39, 0.29) is 31.1 Å². The molecule has 6 nitrogen and oxygen atoms in total. The van der Waals surface area contributed by atoms with Gasteiger partial charge in [0.05, 0.1) is 0 Å². The van der Waals surface area contributed by atoms with Crippen molar-refractivity contribution in [3.05, 3.63) is 48.6 Å². The number of unbranched alkanes of at least 4 members (excludes halogenated alkanes) is 36. The number of ether oxygens (including phenoxy) is 3. The molecule has 0 N–H and O–H groups in total. The first kappa shape index (κ1) is 66.4. The lowest BCUT2D eigenvalue weighted by Crippen LogP contribution is -2.30. The van der Waals surface area contributed by atoms with E-state index in [0.717, 1.165) is 83.5 Å². The molecule has 0 radical (unpaired) electrons. The Morgan fingerprint density at radius 1 is 0.290 bits per heavy atom. The van der Waals surface area contributed by atoms with Crippen molar-refractivity contribution in [1.82, 2.24) is 0 Å². The Morgan fingerprint density at radius 2 is 0.522 bits per heavy atom. The van der Waals surface area contributed by atoms with E-state index in [1.807, 2.05) is 0 Å². The molecule has 0 aliphatic carbocycles. The summed E-state index contributed by atoms with van der Waals surface area (Å²) in [6, 6.07) is 0. The Balaban J connectivity index is 4.24. The molecule has 0 spiro atoms. The standard InChI is InChI=1S/C63H114O6/c1-4-7-10-13-16-19-22-25-26-27-28-29-30-31-32-33-34-35-36-39-41-44-47-50-53-56-62(65)68-59-60(69-63(66)57-54-51-48-45-42-38-24-21-18-15-12-9-6-3)58-67-61(64)55-52-49-46-43-40-37-23-20-17-14-11-8-5-2/h20-25,27-28,60H,4-19,26,29-59H2,1-3H3/b23-20-,24-21-,25-22-,28-27-. The van der Waals surface area contributed by atoms with Crippen LogP contribution in [-0.4, -0.2) is 37.2 Å². The molecular weight excluding hydrogens is 853 g/mol. The van der Waals surface area contributed by atoms with Crippen molar-refractivity contribution in [2.24, 2.45) is 0 Å². The molecule has 0 aromatic rings. The number of rotatable bonds is 55. The predicted molar refractivity (Wildman–Crippen MR) is 298 cm³/mol. The van der Waals surface area contributed by atoms with E-state index in [2.05, 4.69) is 69.4 Å². The lowest BCUT2D eigenvalue weighted by atomic mass is 10.0. The minimum Gasteiger partial charge on any atom is -0.462 e. The van der Waals surface area contributed by atoms with Gasteiger partial charge in [0.2, 0.25) is 0 Å². The van der Waals surface area contributed by atoms with E-state index >= 15 is 0 Å². The highest BCUT2D eigenvalue weighted by molar-refractivity contribution is 5.71. The van der Waals surface area contributed by atoms with Crippen LogP contribution in [0.2, 0.25) is 0 Å². The van der Waals surface area contributed by atoms with Gasteiger partial charge in [-0.3, -0.25) is 14.4 Å². The second-order valence-corrected chi connectivity index (χ2v) is 20.2. The summed E-state index contributed by atoms with van der Waals surface area (Å²) in [5, 5.41) is 0. The average molecular weight is 968 g/mol. The zero-order valence-electron chi connectivity index (χ0n) is 46.1. The van der Waals surface area contributed by atoms with E-state index in [1.165, 1.54) is 193 Å². The summed E-state index contributed by atoms with van der Waals surface area (Å²) in [6.45, 7) is 6.61. The Bertz CT molecular complexity index is 1200. The van der Waals surface area contributed by atoms with E-state index in [0.29, 0.717) is 19.3 Å². The highest BCUT2D eigenvalue weighted by Gasteiger charge is 2.19. The molecule has 69 heavy (non-hydrogen) atoms. The number of esters is 3. The van der Waals surface area contributed by atoms with Crippen molar-refractivity contribution in [3.63, 3.8) is 0 Å². The summed E-state index contributed by atoms with van der Waals surface area (Å²) < 4.78 is 16.9. The molecular formula is C63H114O6. The first-order valence-corrected chi connectivity index (χ1v) is 30.1.